The first-order valence-corrected chi connectivity index (χ1v) is 7.50. The SMILES string of the molecule is COC(CNC(=O)c1csc(Cc2ccccc2)n1)C(=O)O. The molecular weight excluding hydrogens is 304 g/mol. The second kappa shape index (κ2) is 7.67. The van der Waals surface area contributed by atoms with Gasteiger partial charge in [-0.25, -0.2) is 9.78 Å². The summed E-state index contributed by atoms with van der Waals surface area (Å²) >= 11 is 1.40. The quantitative estimate of drug-likeness (QED) is 0.808. The number of amides is 1. The molecule has 0 saturated carbocycles. The van der Waals surface area contributed by atoms with Crippen molar-refractivity contribution in [2.24, 2.45) is 0 Å². The Bertz CT molecular complexity index is 642. The molecule has 0 saturated heterocycles. The van der Waals surface area contributed by atoms with Crippen LogP contribution in [0.5, 0.6) is 0 Å². The van der Waals surface area contributed by atoms with E-state index in [1.165, 1.54) is 18.4 Å². The molecule has 1 atom stereocenters. The number of aromatic nitrogens is 1. The van der Waals surface area contributed by atoms with Crippen molar-refractivity contribution in [1.82, 2.24) is 10.3 Å². The number of carboxylic acid groups (broad SMARTS) is 1. The van der Waals surface area contributed by atoms with Crippen LogP contribution in [-0.4, -0.2) is 41.7 Å². The summed E-state index contributed by atoms with van der Waals surface area (Å²) in [6.07, 6.45) is -0.402. The number of ether oxygens (including phenoxy) is 1. The third kappa shape index (κ3) is 4.37. The van der Waals surface area contributed by atoms with Gasteiger partial charge in [0.05, 0.1) is 11.6 Å². The summed E-state index contributed by atoms with van der Waals surface area (Å²) in [5.74, 6) is -1.52. The Morgan fingerprint density at radius 2 is 2.09 bits per heavy atom. The fourth-order valence-corrected chi connectivity index (χ4v) is 2.62. The predicted octanol–water partition coefficient (Wildman–Crippen LogP) is 1.56. The molecule has 22 heavy (non-hydrogen) atoms. The zero-order valence-corrected chi connectivity index (χ0v) is 12.8. The van der Waals surface area contributed by atoms with Crippen LogP contribution >= 0.6 is 11.3 Å². The maximum Gasteiger partial charge on any atom is 0.334 e. The highest BCUT2D eigenvalue weighted by Crippen LogP contribution is 2.14. The second-order valence-corrected chi connectivity index (χ2v) is 5.50. The van der Waals surface area contributed by atoms with Gasteiger partial charge in [-0.1, -0.05) is 30.3 Å². The Kier molecular flexibility index (Phi) is 5.62. The van der Waals surface area contributed by atoms with Gasteiger partial charge < -0.3 is 15.2 Å². The molecule has 2 aromatic rings. The number of carbonyl (C=O) groups is 2. The van der Waals surface area contributed by atoms with Crippen molar-refractivity contribution in [2.75, 3.05) is 13.7 Å². The van der Waals surface area contributed by atoms with Gasteiger partial charge in [-0.15, -0.1) is 11.3 Å². The van der Waals surface area contributed by atoms with Crippen LogP contribution < -0.4 is 5.32 Å². The highest BCUT2D eigenvalue weighted by Gasteiger charge is 2.18. The number of carbonyl (C=O) groups excluding carboxylic acids is 1. The molecule has 0 radical (unpaired) electrons. The Labute approximate surface area is 131 Å². The minimum Gasteiger partial charge on any atom is -0.479 e. The van der Waals surface area contributed by atoms with Gasteiger partial charge in [0.15, 0.2) is 6.10 Å². The lowest BCUT2D eigenvalue weighted by atomic mass is 10.2. The third-order valence-electron chi connectivity index (χ3n) is 2.99. The zero-order chi connectivity index (χ0) is 15.9. The van der Waals surface area contributed by atoms with Gasteiger partial charge in [-0.05, 0) is 5.56 Å². The second-order valence-electron chi connectivity index (χ2n) is 4.56. The number of rotatable bonds is 7. The predicted molar refractivity (Wildman–Crippen MR) is 82.1 cm³/mol. The van der Waals surface area contributed by atoms with Gasteiger partial charge in [0.25, 0.3) is 5.91 Å². The van der Waals surface area contributed by atoms with E-state index in [1.54, 1.807) is 5.38 Å². The lowest BCUT2D eigenvalue weighted by molar-refractivity contribution is -0.148. The molecule has 1 aromatic carbocycles. The molecule has 116 valence electrons. The number of nitrogens with one attached hydrogen (secondary N) is 1. The fourth-order valence-electron chi connectivity index (χ4n) is 1.81. The molecular formula is C15H16N2O4S. The summed E-state index contributed by atoms with van der Waals surface area (Å²) in [6, 6.07) is 9.84. The molecule has 7 heteroatoms. The molecule has 0 aliphatic heterocycles. The smallest absolute Gasteiger partial charge is 0.334 e. The van der Waals surface area contributed by atoms with E-state index in [0.29, 0.717) is 6.42 Å². The van der Waals surface area contributed by atoms with Crippen molar-refractivity contribution >= 4 is 23.2 Å². The fraction of sp³-hybridized carbons (Fsp3) is 0.267. The topological polar surface area (TPSA) is 88.5 Å². The molecule has 0 bridgehead atoms. The van der Waals surface area contributed by atoms with E-state index in [0.717, 1.165) is 10.6 Å². The maximum atomic E-state index is 11.9. The van der Waals surface area contributed by atoms with Gasteiger partial charge in [0.2, 0.25) is 0 Å². The van der Waals surface area contributed by atoms with Crippen LogP contribution in [0, 0.1) is 0 Å². The van der Waals surface area contributed by atoms with E-state index in [4.69, 9.17) is 9.84 Å². The van der Waals surface area contributed by atoms with Crippen molar-refractivity contribution in [3.05, 3.63) is 52.0 Å². The van der Waals surface area contributed by atoms with Crippen molar-refractivity contribution in [3.63, 3.8) is 0 Å². The van der Waals surface area contributed by atoms with Crippen LogP contribution in [0.25, 0.3) is 0 Å². The van der Waals surface area contributed by atoms with Crippen molar-refractivity contribution < 1.29 is 19.4 Å². The average molecular weight is 320 g/mol. The number of hydrogen-bond donors (Lipinski definition) is 2. The summed E-state index contributed by atoms with van der Waals surface area (Å²) < 4.78 is 4.75. The monoisotopic (exact) mass is 320 g/mol. The lowest BCUT2D eigenvalue weighted by Gasteiger charge is -2.10. The van der Waals surface area contributed by atoms with E-state index in [2.05, 4.69) is 10.3 Å². The number of thiazole rings is 1. The normalized spacial score (nSPS) is 11.9. The van der Waals surface area contributed by atoms with Crippen molar-refractivity contribution in [1.29, 1.82) is 0 Å². The van der Waals surface area contributed by atoms with E-state index < -0.39 is 18.0 Å². The van der Waals surface area contributed by atoms with Crippen molar-refractivity contribution in [3.8, 4) is 0 Å². The molecule has 6 nitrogen and oxygen atoms in total. The van der Waals surface area contributed by atoms with Gasteiger partial charge in [-0.2, -0.15) is 0 Å². The molecule has 1 amide bonds. The van der Waals surface area contributed by atoms with Crippen molar-refractivity contribution in [2.45, 2.75) is 12.5 Å². The molecule has 0 spiro atoms. The first-order valence-electron chi connectivity index (χ1n) is 6.62. The van der Waals surface area contributed by atoms with Crippen LogP contribution in [0.15, 0.2) is 35.7 Å². The van der Waals surface area contributed by atoms with Crippen LogP contribution in [0.1, 0.15) is 21.1 Å². The molecule has 2 rings (SSSR count). The number of hydrogen-bond acceptors (Lipinski definition) is 5. The molecule has 0 aliphatic rings. The van der Waals surface area contributed by atoms with Gasteiger partial charge in [0, 0.05) is 18.9 Å². The Hall–Kier alpha value is -2.25. The number of methoxy groups -OCH3 is 1. The summed E-state index contributed by atoms with van der Waals surface area (Å²) in [7, 11) is 1.28. The molecule has 0 fully saturated rings. The van der Waals surface area contributed by atoms with E-state index in [-0.39, 0.29) is 12.2 Å². The number of aliphatic carboxylic acids is 1. The highest BCUT2D eigenvalue weighted by atomic mass is 32.1. The summed E-state index contributed by atoms with van der Waals surface area (Å²) in [5.41, 5.74) is 1.41. The molecule has 2 N–H and O–H groups in total. The van der Waals surface area contributed by atoms with Crippen LogP contribution in [-0.2, 0) is 16.0 Å². The third-order valence-corrected chi connectivity index (χ3v) is 3.84. The van der Waals surface area contributed by atoms with Crippen LogP contribution in [0.4, 0.5) is 0 Å². The molecule has 1 heterocycles. The number of nitrogens with zero attached hydrogens (tertiary/aromatic N) is 1. The largest absolute Gasteiger partial charge is 0.479 e. The first kappa shape index (κ1) is 16.1. The van der Waals surface area contributed by atoms with Gasteiger partial charge >= 0.3 is 5.97 Å². The highest BCUT2D eigenvalue weighted by molar-refractivity contribution is 7.09. The standard InChI is InChI=1S/C15H16N2O4S/c1-21-12(15(19)20)8-16-14(18)11-9-22-13(17-11)7-10-5-3-2-4-6-10/h2-6,9,12H,7-8H2,1H3,(H,16,18)(H,19,20). The lowest BCUT2D eigenvalue weighted by Crippen LogP contribution is -2.37. The van der Waals surface area contributed by atoms with Crippen LogP contribution in [0.3, 0.4) is 0 Å². The summed E-state index contributed by atoms with van der Waals surface area (Å²) in [4.78, 5) is 27.0. The molecule has 0 aliphatic carbocycles. The van der Waals surface area contributed by atoms with E-state index in [1.807, 2.05) is 30.3 Å². The maximum absolute atomic E-state index is 11.9. The number of benzene rings is 1. The Morgan fingerprint density at radius 3 is 2.73 bits per heavy atom. The zero-order valence-electron chi connectivity index (χ0n) is 12.0. The summed E-state index contributed by atoms with van der Waals surface area (Å²) in [6.45, 7) is -0.101. The molecule has 1 unspecified atom stereocenters. The van der Waals surface area contributed by atoms with Gasteiger partial charge in [-0.3, -0.25) is 4.79 Å². The Morgan fingerprint density at radius 1 is 1.36 bits per heavy atom. The Balaban J connectivity index is 1.93. The number of carboxylic acids is 1. The minimum atomic E-state index is -1.12. The minimum absolute atomic E-state index is 0.101. The molecule has 1 aromatic heterocycles. The first-order chi connectivity index (χ1) is 10.6. The van der Waals surface area contributed by atoms with Gasteiger partial charge in [0.1, 0.15) is 5.69 Å². The van der Waals surface area contributed by atoms with E-state index in [9.17, 15) is 9.59 Å². The van der Waals surface area contributed by atoms with Crippen LogP contribution in [0.2, 0.25) is 0 Å². The van der Waals surface area contributed by atoms with E-state index >= 15 is 0 Å². The summed E-state index contributed by atoms with van der Waals surface area (Å²) in [5, 5.41) is 13.8. The average Bonchev–Trinajstić information content (AvgIpc) is 2.97.